The van der Waals surface area contributed by atoms with Crippen molar-refractivity contribution in [2.24, 2.45) is 5.14 Å². The highest BCUT2D eigenvalue weighted by Crippen LogP contribution is 2.32. The van der Waals surface area contributed by atoms with E-state index in [-0.39, 0.29) is 11.7 Å². The van der Waals surface area contributed by atoms with Gasteiger partial charge in [-0.3, -0.25) is 5.14 Å². The topological polar surface area (TPSA) is 43.1 Å². The number of benzene rings is 1. The number of halogens is 2. The Kier molecular flexibility index (Phi) is 5.09. The minimum atomic E-state index is -1.39. The third-order valence-corrected chi connectivity index (χ3v) is 5.05. The Morgan fingerprint density at radius 3 is 2.56 bits per heavy atom. The van der Waals surface area contributed by atoms with Crippen LogP contribution in [0.5, 0.6) is 0 Å². The molecule has 102 valence electrons. The molecule has 0 aliphatic heterocycles. The smallest absolute Gasteiger partial charge is 0.137 e. The SMILES string of the molecule is Cc1cc(Br)c(F)cc1[C@H](C)CC(C)(C)S(N)=O. The van der Waals surface area contributed by atoms with Crippen LogP contribution in [0.25, 0.3) is 0 Å². The van der Waals surface area contributed by atoms with Gasteiger partial charge in [0.25, 0.3) is 0 Å². The lowest BCUT2D eigenvalue weighted by Gasteiger charge is -2.26. The van der Waals surface area contributed by atoms with E-state index < -0.39 is 15.7 Å². The summed E-state index contributed by atoms with van der Waals surface area (Å²) in [5.41, 5.74) is 1.96. The summed E-state index contributed by atoms with van der Waals surface area (Å²) in [5.74, 6) is -0.163. The monoisotopic (exact) mass is 335 g/mol. The molecule has 0 aliphatic carbocycles. The summed E-state index contributed by atoms with van der Waals surface area (Å²) in [6, 6.07) is 3.31. The average molecular weight is 336 g/mol. The van der Waals surface area contributed by atoms with Crippen molar-refractivity contribution in [3.8, 4) is 0 Å². The zero-order valence-electron chi connectivity index (χ0n) is 11.1. The van der Waals surface area contributed by atoms with E-state index in [2.05, 4.69) is 15.9 Å². The molecule has 0 bridgehead atoms. The van der Waals surface area contributed by atoms with Crippen molar-refractivity contribution < 1.29 is 8.60 Å². The summed E-state index contributed by atoms with van der Waals surface area (Å²) in [7, 11) is -1.39. The molecule has 2 atom stereocenters. The molecule has 1 aromatic carbocycles. The Balaban J connectivity index is 3.01. The van der Waals surface area contributed by atoms with Crippen molar-refractivity contribution >= 4 is 26.9 Å². The second-order valence-corrected chi connectivity index (χ2v) is 7.84. The Hall–Kier alpha value is -0.260. The maximum Gasteiger partial charge on any atom is 0.137 e. The van der Waals surface area contributed by atoms with E-state index in [1.165, 1.54) is 0 Å². The molecule has 0 spiro atoms. The Morgan fingerprint density at radius 2 is 2.06 bits per heavy atom. The van der Waals surface area contributed by atoms with E-state index >= 15 is 0 Å². The summed E-state index contributed by atoms with van der Waals surface area (Å²) in [4.78, 5) is 0. The summed E-state index contributed by atoms with van der Waals surface area (Å²) in [5, 5.41) is 5.48. The average Bonchev–Trinajstić information content (AvgIpc) is 2.22. The Labute approximate surface area is 119 Å². The molecule has 2 nitrogen and oxygen atoms in total. The second kappa shape index (κ2) is 5.80. The molecule has 1 rings (SSSR count). The van der Waals surface area contributed by atoms with Crippen molar-refractivity contribution in [2.75, 3.05) is 0 Å². The van der Waals surface area contributed by atoms with Gasteiger partial charge in [-0.25, -0.2) is 8.60 Å². The quantitative estimate of drug-likeness (QED) is 0.893. The van der Waals surface area contributed by atoms with Crippen LogP contribution >= 0.6 is 15.9 Å². The van der Waals surface area contributed by atoms with Gasteiger partial charge in [-0.2, -0.15) is 0 Å². The van der Waals surface area contributed by atoms with Crippen LogP contribution in [0.1, 0.15) is 44.2 Å². The van der Waals surface area contributed by atoms with E-state index in [9.17, 15) is 8.60 Å². The lowest BCUT2D eigenvalue weighted by molar-refractivity contribution is 0.535. The van der Waals surface area contributed by atoms with E-state index in [0.29, 0.717) is 10.9 Å². The third kappa shape index (κ3) is 3.62. The summed E-state index contributed by atoms with van der Waals surface area (Å²) >= 11 is 3.17. The lowest BCUT2D eigenvalue weighted by Crippen LogP contribution is -2.33. The molecule has 0 radical (unpaired) electrons. The maximum absolute atomic E-state index is 13.6. The summed E-state index contributed by atoms with van der Waals surface area (Å²) in [6.07, 6.45) is 0.651. The second-order valence-electron chi connectivity index (χ2n) is 5.29. The molecule has 2 N–H and O–H groups in total. The molecular formula is C13H19BrFNOS. The van der Waals surface area contributed by atoms with Crippen molar-refractivity contribution in [3.05, 3.63) is 33.5 Å². The predicted molar refractivity (Wildman–Crippen MR) is 78.3 cm³/mol. The van der Waals surface area contributed by atoms with Gasteiger partial charge in [0.1, 0.15) is 5.82 Å². The van der Waals surface area contributed by atoms with Crippen LogP contribution < -0.4 is 5.14 Å². The summed E-state index contributed by atoms with van der Waals surface area (Å²) in [6.45, 7) is 7.68. The van der Waals surface area contributed by atoms with E-state index in [1.54, 1.807) is 12.1 Å². The van der Waals surface area contributed by atoms with Crippen LogP contribution in [0.3, 0.4) is 0 Å². The highest BCUT2D eigenvalue weighted by Gasteiger charge is 2.27. The lowest BCUT2D eigenvalue weighted by atomic mass is 9.89. The van der Waals surface area contributed by atoms with E-state index in [1.807, 2.05) is 27.7 Å². The van der Waals surface area contributed by atoms with Crippen LogP contribution in [-0.2, 0) is 11.0 Å². The Bertz CT molecular complexity index is 476. The zero-order valence-corrected chi connectivity index (χ0v) is 13.5. The van der Waals surface area contributed by atoms with Gasteiger partial charge in [0, 0.05) is 0 Å². The number of hydrogen-bond acceptors (Lipinski definition) is 1. The highest BCUT2D eigenvalue weighted by atomic mass is 79.9. The molecule has 1 unspecified atom stereocenters. The van der Waals surface area contributed by atoms with Gasteiger partial charge in [-0.1, -0.05) is 6.92 Å². The van der Waals surface area contributed by atoms with Crippen molar-refractivity contribution in [1.82, 2.24) is 0 Å². The molecular weight excluding hydrogens is 317 g/mol. The third-order valence-electron chi connectivity index (χ3n) is 3.18. The Morgan fingerprint density at radius 1 is 1.50 bits per heavy atom. The molecule has 0 saturated carbocycles. The molecule has 0 fully saturated rings. The van der Waals surface area contributed by atoms with Crippen LogP contribution in [-0.4, -0.2) is 8.96 Å². The normalized spacial score (nSPS) is 15.5. The van der Waals surface area contributed by atoms with Gasteiger partial charge in [-0.15, -0.1) is 0 Å². The minimum Gasteiger partial charge on any atom is -0.251 e. The molecule has 0 saturated heterocycles. The van der Waals surface area contributed by atoms with Gasteiger partial charge >= 0.3 is 0 Å². The molecule has 0 aromatic heterocycles. The molecule has 0 amide bonds. The standard InChI is InChI=1S/C13H19BrFNOS/c1-8-5-11(14)12(15)6-10(8)9(2)7-13(3,4)18(16)17/h5-6,9H,7,16H2,1-4H3/t9-,18?/m1/s1. The first-order chi connectivity index (χ1) is 8.15. The zero-order chi connectivity index (χ0) is 14.1. The first-order valence-electron chi connectivity index (χ1n) is 5.77. The van der Waals surface area contributed by atoms with Gasteiger partial charge < -0.3 is 0 Å². The van der Waals surface area contributed by atoms with Gasteiger partial charge in [0.15, 0.2) is 0 Å². The number of rotatable bonds is 4. The van der Waals surface area contributed by atoms with Crippen LogP contribution in [0, 0.1) is 12.7 Å². The molecule has 18 heavy (non-hydrogen) atoms. The fraction of sp³-hybridized carbons (Fsp3) is 0.538. The largest absolute Gasteiger partial charge is 0.251 e. The fourth-order valence-corrected chi connectivity index (χ4v) is 2.99. The minimum absolute atomic E-state index is 0.107. The van der Waals surface area contributed by atoms with Gasteiger partial charge in [0.05, 0.1) is 20.2 Å². The fourth-order valence-electron chi connectivity index (χ4n) is 2.12. The number of aryl methyl sites for hydroxylation is 1. The molecule has 0 aliphatic rings. The maximum atomic E-state index is 13.6. The van der Waals surface area contributed by atoms with Crippen molar-refractivity contribution in [3.63, 3.8) is 0 Å². The van der Waals surface area contributed by atoms with Gasteiger partial charge in [-0.05, 0) is 72.3 Å². The molecule has 5 heteroatoms. The van der Waals surface area contributed by atoms with Crippen LogP contribution in [0.2, 0.25) is 0 Å². The molecule has 1 aromatic rings. The number of hydrogen-bond donors (Lipinski definition) is 1. The first kappa shape index (κ1) is 15.8. The van der Waals surface area contributed by atoms with Crippen molar-refractivity contribution in [1.29, 1.82) is 0 Å². The van der Waals surface area contributed by atoms with Crippen LogP contribution in [0.15, 0.2) is 16.6 Å². The van der Waals surface area contributed by atoms with Crippen LogP contribution in [0.4, 0.5) is 4.39 Å². The number of nitrogens with two attached hydrogens (primary N) is 1. The van der Waals surface area contributed by atoms with E-state index in [0.717, 1.165) is 11.1 Å². The van der Waals surface area contributed by atoms with Crippen molar-refractivity contribution in [2.45, 2.75) is 44.8 Å². The molecule has 0 heterocycles. The van der Waals surface area contributed by atoms with E-state index in [4.69, 9.17) is 5.14 Å². The van der Waals surface area contributed by atoms with Gasteiger partial charge in [0.2, 0.25) is 0 Å². The first-order valence-corrected chi connectivity index (χ1v) is 7.77. The highest BCUT2D eigenvalue weighted by molar-refractivity contribution is 9.10. The predicted octanol–water partition coefficient (Wildman–Crippen LogP) is 3.79. The summed E-state index contributed by atoms with van der Waals surface area (Å²) < 4.78 is 25.0.